The van der Waals surface area contributed by atoms with Gasteiger partial charge in [-0.05, 0) is 30.7 Å². The average molecular weight is 307 g/mol. The Balaban J connectivity index is 2.10. The lowest BCUT2D eigenvalue weighted by molar-refractivity contribution is 0.103. The molecule has 0 amide bonds. The maximum absolute atomic E-state index is 12.4. The van der Waals surface area contributed by atoms with Gasteiger partial charge in [0.05, 0.1) is 17.7 Å². The number of ketones is 1. The number of ether oxygens (including phenoxy) is 1. The van der Waals surface area contributed by atoms with E-state index in [1.165, 1.54) is 6.26 Å². The minimum absolute atomic E-state index is 0.0636. The second kappa shape index (κ2) is 4.28. The van der Waals surface area contributed by atoms with E-state index in [2.05, 4.69) is 15.9 Å². The summed E-state index contributed by atoms with van der Waals surface area (Å²) >= 11 is 3.43. The summed E-state index contributed by atoms with van der Waals surface area (Å²) in [5.74, 6) is 1.37. The molecule has 3 rings (SSSR count). The number of hydrogen-bond donors (Lipinski definition) is 0. The highest BCUT2D eigenvalue weighted by Gasteiger charge is 2.23. The summed E-state index contributed by atoms with van der Waals surface area (Å²) in [6.07, 6.45) is 2.33. The Bertz CT molecular complexity index is 628. The molecule has 0 spiro atoms. The molecule has 2 aromatic rings. The molecule has 3 nitrogen and oxygen atoms in total. The van der Waals surface area contributed by atoms with Crippen LogP contribution in [0.15, 0.2) is 33.4 Å². The Hall–Kier alpha value is -1.55. The van der Waals surface area contributed by atoms with Gasteiger partial charge in [0.15, 0.2) is 5.78 Å². The predicted molar refractivity (Wildman–Crippen MR) is 70.2 cm³/mol. The lowest BCUT2D eigenvalue weighted by Crippen LogP contribution is -2.02. The molecule has 0 saturated heterocycles. The Morgan fingerprint density at radius 1 is 1.33 bits per heavy atom. The minimum atomic E-state index is -0.0636. The molecule has 0 aliphatic carbocycles. The molecule has 4 heteroatoms. The first-order valence-electron chi connectivity index (χ1n) is 5.70. The van der Waals surface area contributed by atoms with Gasteiger partial charge < -0.3 is 9.15 Å². The van der Waals surface area contributed by atoms with Crippen LogP contribution in [0.5, 0.6) is 5.75 Å². The van der Waals surface area contributed by atoms with Crippen molar-refractivity contribution in [1.82, 2.24) is 0 Å². The molecule has 0 radical (unpaired) electrons. The Morgan fingerprint density at radius 3 is 2.89 bits per heavy atom. The van der Waals surface area contributed by atoms with Crippen LogP contribution in [0.1, 0.15) is 27.2 Å². The van der Waals surface area contributed by atoms with Crippen molar-refractivity contribution in [3.8, 4) is 5.75 Å². The van der Waals surface area contributed by atoms with Gasteiger partial charge in [0, 0.05) is 10.9 Å². The normalized spacial score (nSPS) is 13.2. The number of fused-ring (bicyclic) bond motifs is 1. The maximum Gasteiger partial charge on any atom is 0.200 e. The zero-order valence-electron chi connectivity index (χ0n) is 9.83. The number of carbonyl (C=O) groups excluding carboxylic acids is 1. The van der Waals surface area contributed by atoms with Crippen molar-refractivity contribution in [2.75, 3.05) is 6.61 Å². The summed E-state index contributed by atoms with van der Waals surface area (Å²) < 4.78 is 11.6. The molecule has 0 bridgehead atoms. The fraction of sp³-hybridized carbons (Fsp3) is 0.214. The monoisotopic (exact) mass is 306 g/mol. The Labute approximate surface area is 113 Å². The van der Waals surface area contributed by atoms with E-state index < -0.39 is 0 Å². The maximum atomic E-state index is 12.4. The minimum Gasteiger partial charge on any atom is -0.492 e. The summed E-state index contributed by atoms with van der Waals surface area (Å²) in [5, 5.41) is 0. The lowest BCUT2D eigenvalue weighted by Gasteiger charge is -2.06. The Morgan fingerprint density at radius 2 is 2.17 bits per heavy atom. The fourth-order valence-corrected chi connectivity index (χ4v) is 2.66. The number of carbonyl (C=O) groups is 1. The molecule has 92 valence electrons. The zero-order chi connectivity index (χ0) is 12.7. The molecule has 1 aliphatic heterocycles. The second-order valence-corrected chi connectivity index (χ2v) is 5.23. The molecule has 18 heavy (non-hydrogen) atoms. The van der Waals surface area contributed by atoms with Gasteiger partial charge in [0.25, 0.3) is 0 Å². The third-order valence-corrected chi connectivity index (χ3v) is 3.44. The Kier molecular flexibility index (Phi) is 2.74. The highest BCUT2D eigenvalue weighted by atomic mass is 79.9. The van der Waals surface area contributed by atoms with Crippen molar-refractivity contribution in [1.29, 1.82) is 0 Å². The lowest BCUT2D eigenvalue weighted by atomic mass is 10.0. The summed E-state index contributed by atoms with van der Waals surface area (Å²) in [6, 6.07) is 5.54. The molecule has 0 saturated carbocycles. The molecular weight excluding hydrogens is 296 g/mol. The third-order valence-electron chi connectivity index (χ3n) is 2.99. The number of furan rings is 1. The average Bonchev–Trinajstić information content (AvgIpc) is 2.95. The number of halogens is 1. The SMILES string of the molecule is Cc1cc(C(=O)c2cc(Br)cc3c2OCC3)co1. The van der Waals surface area contributed by atoms with E-state index in [9.17, 15) is 4.79 Å². The largest absolute Gasteiger partial charge is 0.492 e. The second-order valence-electron chi connectivity index (χ2n) is 4.32. The van der Waals surface area contributed by atoms with Crippen LogP contribution in [0.25, 0.3) is 0 Å². The van der Waals surface area contributed by atoms with Crippen LogP contribution in [0.3, 0.4) is 0 Å². The standard InChI is InChI=1S/C14H11BrO3/c1-8-4-10(7-18-8)13(16)12-6-11(15)5-9-2-3-17-14(9)12/h4-7H,2-3H2,1H3. The van der Waals surface area contributed by atoms with E-state index in [-0.39, 0.29) is 5.78 Å². The molecule has 1 aromatic heterocycles. The van der Waals surface area contributed by atoms with Crippen molar-refractivity contribution in [2.24, 2.45) is 0 Å². The molecule has 0 fully saturated rings. The van der Waals surface area contributed by atoms with Crippen LogP contribution in [0, 0.1) is 6.92 Å². The molecular formula is C14H11BrO3. The summed E-state index contributed by atoms with van der Waals surface area (Å²) in [5.41, 5.74) is 2.23. The third kappa shape index (κ3) is 1.86. The predicted octanol–water partition coefficient (Wildman–Crippen LogP) is 3.52. The van der Waals surface area contributed by atoms with Crippen molar-refractivity contribution in [3.63, 3.8) is 0 Å². The van der Waals surface area contributed by atoms with Crippen LogP contribution in [-0.2, 0) is 6.42 Å². The highest BCUT2D eigenvalue weighted by Crippen LogP contribution is 2.34. The molecule has 0 unspecified atom stereocenters. The number of hydrogen-bond acceptors (Lipinski definition) is 3. The molecule has 0 atom stereocenters. The summed E-state index contributed by atoms with van der Waals surface area (Å²) in [6.45, 7) is 2.45. The van der Waals surface area contributed by atoms with Crippen molar-refractivity contribution in [3.05, 3.63) is 51.4 Å². The van der Waals surface area contributed by atoms with E-state index in [4.69, 9.17) is 9.15 Å². The van der Waals surface area contributed by atoms with Gasteiger partial charge in [-0.25, -0.2) is 0 Å². The quantitative estimate of drug-likeness (QED) is 0.797. The molecule has 2 heterocycles. The summed E-state index contributed by atoms with van der Waals surface area (Å²) in [4.78, 5) is 12.4. The van der Waals surface area contributed by atoms with E-state index >= 15 is 0 Å². The first kappa shape index (κ1) is 11.5. The smallest absolute Gasteiger partial charge is 0.200 e. The number of rotatable bonds is 2. The van der Waals surface area contributed by atoms with Gasteiger partial charge in [0.2, 0.25) is 0 Å². The first-order valence-corrected chi connectivity index (χ1v) is 6.49. The van der Waals surface area contributed by atoms with E-state index in [0.29, 0.717) is 23.5 Å². The topological polar surface area (TPSA) is 39.4 Å². The number of benzene rings is 1. The molecule has 1 aliphatic rings. The van der Waals surface area contributed by atoms with Gasteiger partial charge in [-0.1, -0.05) is 15.9 Å². The van der Waals surface area contributed by atoms with Gasteiger partial charge >= 0.3 is 0 Å². The van der Waals surface area contributed by atoms with Gasteiger partial charge in [-0.15, -0.1) is 0 Å². The van der Waals surface area contributed by atoms with Crippen LogP contribution >= 0.6 is 15.9 Å². The van der Waals surface area contributed by atoms with E-state index in [1.54, 1.807) is 12.1 Å². The van der Waals surface area contributed by atoms with Crippen molar-refractivity contribution >= 4 is 21.7 Å². The van der Waals surface area contributed by atoms with Crippen LogP contribution in [0.4, 0.5) is 0 Å². The van der Waals surface area contributed by atoms with E-state index in [1.807, 2.05) is 13.0 Å². The fourth-order valence-electron chi connectivity index (χ4n) is 2.16. The zero-order valence-corrected chi connectivity index (χ0v) is 11.4. The molecule has 0 N–H and O–H groups in total. The highest BCUT2D eigenvalue weighted by molar-refractivity contribution is 9.10. The van der Waals surface area contributed by atoms with Crippen molar-refractivity contribution in [2.45, 2.75) is 13.3 Å². The molecule has 1 aromatic carbocycles. The van der Waals surface area contributed by atoms with Gasteiger partial charge in [-0.3, -0.25) is 4.79 Å². The van der Waals surface area contributed by atoms with Crippen molar-refractivity contribution < 1.29 is 13.9 Å². The van der Waals surface area contributed by atoms with Crippen LogP contribution in [-0.4, -0.2) is 12.4 Å². The van der Waals surface area contributed by atoms with E-state index in [0.717, 1.165) is 22.2 Å². The number of aryl methyl sites for hydroxylation is 1. The van der Waals surface area contributed by atoms with Gasteiger partial charge in [0.1, 0.15) is 17.8 Å². The first-order chi connectivity index (χ1) is 8.65. The summed E-state index contributed by atoms with van der Waals surface area (Å²) in [7, 11) is 0. The van der Waals surface area contributed by atoms with Crippen LogP contribution in [0.2, 0.25) is 0 Å². The van der Waals surface area contributed by atoms with Crippen LogP contribution < -0.4 is 4.74 Å². The van der Waals surface area contributed by atoms with Gasteiger partial charge in [-0.2, -0.15) is 0 Å².